The number of aromatic nitrogens is 1. The van der Waals surface area contributed by atoms with E-state index in [-0.39, 0.29) is 30.3 Å². The highest BCUT2D eigenvalue weighted by Crippen LogP contribution is 2.37. The molecule has 3 heterocycles. The number of halogens is 1. The summed E-state index contributed by atoms with van der Waals surface area (Å²) in [5, 5.41) is 12.1. The summed E-state index contributed by atoms with van der Waals surface area (Å²) in [6, 6.07) is 11.0. The summed E-state index contributed by atoms with van der Waals surface area (Å²) in [4.78, 5) is 21.5. The zero-order chi connectivity index (χ0) is 22.0. The van der Waals surface area contributed by atoms with Crippen molar-refractivity contribution >= 4 is 11.7 Å². The van der Waals surface area contributed by atoms with E-state index in [0.717, 1.165) is 12.2 Å². The number of anilines is 1. The summed E-state index contributed by atoms with van der Waals surface area (Å²) in [5.41, 5.74) is 1.22. The number of hydrogen-bond donors (Lipinski definition) is 1. The molecule has 2 aliphatic rings. The summed E-state index contributed by atoms with van der Waals surface area (Å²) in [5.74, 6) is 1.14. The number of methoxy groups -OCH3 is 1. The van der Waals surface area contributed by atoms with Crippen molar-refractivity contribution in [3.05, 3.63) is 53.5 Å². The van der Waals surface area contributed by atoms with Gasteiger partial charge in [0.05, 0.1) is 25.3 Å². The van der Waals surface area contributed by atoms with Crippen LogP contribution in [-0.4, -0.2) is 54.6 Å². The fraction of sp³-hybridized carbons (Fsp3) is 0.435. The summed E-state index contributed by atoms with van der Waals surface area (Å²) in [6.07, 6.45) is 2.60. The van der Waals surface area contributed by atoms with Crippen molar-refractivity contribution in [1.82, 2.24) is 15.2 Å². The van der Waals surface area contributed by atoms with E-state index in [1.54, 1.807) is 24.4 Å². The second-order valence-corrected chi connectivity index (χ2v) is 8.19. The van der Waals surface area contributed by atoms with Gasteiger partial charge in [-0.25, -0.2) is 9.37 Å². The third-order valence-electron chi connectivity index (χ3n) is 6.23. The highest BCUT2D eigenvalue weighted by atomic mass is 19.1. The van der Waals surface area contributed by atoms with Gasteiger partial charge in [0.1, 0.15) is 11.9 Å². The molecule has 7 nitrogen and oxygen atoms in total. The molecule has 0 aliphatic carbocycles. The molecule has 1 aromatic carbocycles. The molecule has 0 radical (unpaired) electrons. The minimum Gasteiger partial charge on any atom is -0.493 e. The van der Waals surface area contributed by atoms with Gasteiger partial charge in [0, 0.05) is 37.4 Å². The van der Waals surface area contributed by atoms with Gasteiger partial charge in [0.2, 0.25) is 5.91 Å². The topological polar surface area (TPSA) is 81.5 Å². The number of ether oxygens (including phenoxy) is 1. The lowest BCUT2D eigenvalue weighted by Crippen LogP contribution is -2.57. The van der Waals surface area contributed by atoms with Crippen molar-refractivity contribution in [2.24, 2.45) is 5.92 Å². The number of pyridine rings is 1. The first-order valence-corrected chi connectivity index (χ1v) is 10.5. The van der Waals surface area contributed by atoms with Crippen molar-refractivity contribution in [1.29, 1.82) is 5.26 Å². The smallest absolute Gasteiger partial charge is 0.236 e. The van der Waals surface area contributed by atoms with Crippen LogP contribution in [0.2, 0.25) is 0 Å². The van der Waals surface area contributed by atoms with Gasteiger partial charge in [0.15, 0.2) is 11.6 Å². The molecule has 2 unspecified atom stereocenters. The number of amides is 1. The fourth-order valence-corrected chi connectivity index (χ4v) is 4.73. The SMILES string of the molecule is COc1c(F)cccc1CNCC(=O)N1CC2C[C@H](C)C(C1)N2c1ccc(C#N)cn1. The number of carbonyl (C=O) groups excluding carboxylic acids is 1. The number of para-hydroxylation sites is 1. The number of nitrogens with one attached hydrogen (secondary N) is 1. The van der Waals surface area contributed by atoms with Gasteiger partial charge in [0.25, 0.3) is 0 Å². The van der Waals surface area contributed by atoms with Crippen LogP contribution >= 0.6 is 0 Å². The average molecular weight is 423 g/mol. The molecule has 8 heteroatoms. The first-order valence-electron chi connectivity index (χ1n) is 10.5. The lowest BCUT2D eigenvalue weighted by Gasteiger charge is -2.42. The van der Waals surface area contributed by atoms with E-state index in [9.17, 15) is 9.18 Å². The number of benzene rings is 1. The molecule has 3 atom stereocenters. The Hall–Kier alpha value is -3.18. The van der Waals surface area contributed by atoms with Crippen molar-refractivity contribution < 1.29 is 13.9 Å². The Morgan fingerprint density at radius 3 is 2.87 bits per heavy atom. The quantitative estimate of drug-likeness (QED) is 0.768. The van der Waals surface area contributed by atoms with Gasteiger partial charge in [-0.2, -0.15) is 5.26 Å². The maximum atomic E-state index is 13.8. The molecule has 0 saturated carbocycles. The average Bonchev–Trinajstić information content (AvgIpc) is 2.97. The normalized spacial score (nSPS) is 22.3. The lowest BCUT2D eigenvalue weighted by atomic mass is 10.0. The molecule has 1 amide bonds. The predicted octanol–water partition coefficient (Wildman–Crippen LogP) is 2.32. The number of hydrogen-bond acceptors (Lipinski definition) is 6. The molecule has 2 aliphatic heterocycles. The number of nitriles is 1. The molecule has 2 saturated heterocycles. The molecule has 31 heavy (non-hydrogen) atoms. The van der Waals surface area contributed by atoms with Gasteiger partial charge in [-0.15, -0.1) is 0 Å². The zero-order valence-electron chi connectivity index (χ0n) is 17.7. The van der Waals surface area contributed by atoms with Gasteiger partial charge in [-0.05, 0) is 30.5 Å². The zero-order valence-corrected chi connectivity index (χ0v) is 17.7. The van der Waals surface area contributed by atoms with E-state index >= 15 is 0 Å². The standard InChI is InChI=1S/C23H26FN5O2/c1-15-8-18-13-28(14-20(15)29(18)21-7-6-16(9-25)10-27-21)22(30)12-26-11-17-4-3-5-19(24)23(17)31-2/h3-7,10,15,18,20,26H,8,11-14H2,1-2H3/t15-,18?,20?/m0/s1. The van der Waals surface area contributed by atoms with Crippen LogP contribution in [0, 0.1) is 23.1 Å². The Balaban J connectivity index is 1.37. The van der Waals surface area contributed by atoms with E-state index in [0.29, 0.717) is 36.7 Å². The fourth-order valence-electron chi connectivity index (χ4n) is 4.73. The first-order chi connectivity index (χ1) is 15.0. The van der Waals surface area contributed by atoms with E-state index in [2.05, 4.69) is 28.2 Å². The van der Waals surface area contributed by atoms with E-state index in [1.165, 1.54) is 13.2 Å². The molecule has 162 valence electrons. The largest absolute Gasteiger partial charge is 0.493 e. The van der Waals surface area contributed by atoms with Crippen LogP contribution in [-0.2, 0) is 11.3 Å². The van der Waals surface area contributed by atoms with Crippen molar-refractivity contribution in [2.45, 2.75) is 32.0 Å². The molecule has 1 N–H and O–H groups in total. The van der Waals surface area contributed by atoms with Gasteiger partial charge in [-0.1, -0.05) is 19.1 Å². The molecule has 2 fully saturated rings. The van der Waals surface area contributed by atoms with Crippen LogP contribution in [0.3, 0.4) is 0 Å². The number of piperazine rings is 1. The number of nitrogens with zero attached hydrogens (tertiary/aromatic N) is 4. The van der Waals surface area contributed by atoms with Crippen molar-refractivity contribution in [3.8, 4) is 11.8 Å². The summed E-state index contributed by atoms with van der Waals surface area (Å²) < 4.78 is 18.9. The van der Waals surface area contributed by atoms with Crippen LogP contribution in [0.4, 0.5) is 10.2 Å². The third kappa shape index (κ3) is 4.19. The molecule has 4 rings (SSSR count). The Labute approximate surface area is 181 Å². The van der Waals surface area contributed by atoms with Gasteiger partial charge < -0.3 is 19.9 Å². The van der Waals surface area contributed by atoms with Gasteiger partial charge >= 0.3 is 0 Å². The summed E-state index contributed by atoms with van der Waals surface area (Å²) in [7, 11) is 1.44. The Bertz CT molecular complexity index is 990. The van der Waals surface area contributed by atoms with E-state index in [4.69, 9.17) is 10.00 Å². The molecule has 2 aromatic rings. The number of fused-ring (bicyclic) bond motifs is 2. The van der Waals surface area contributed by atoms with E-state index < -0.39 is 5.82 Å². The van der Waals surface area contributed by atoms with Crippen LogP contribution in [0.1, 0.15) is 24.5 Å². The highest BCUT2D eigenvalue weighted by Gasteiger charge is 2.45. The summed E-state index contributed by atoms with van der Waals surface area (Å²) >= 11 is 0. The van der Waals surface area contributed by atoms with Crippen molar-refractivity contribution in [3.63, 3.8) is 0 Å². The van der Waals surface area contributed by atoms with Crippen LogP contribution in [0.25, 0.3) is 0 Å². The Morgan fingerprint density at radius 1 is 1.35 bits per heavy atom. The Morgan fingerprint density at radius 2 is 2.19 bits per heavy atom. The second kappa shape index (κ2) is 8.90. The van der Waals surface area contributed by atoms with Gasteiger partial charge in [-0.3, -0.25) is 4.79 Å². The van der Waals surface area contributed by atoms with Crippen molar-refractivity contribution in [2.75, 3.05) is 31.6 Å². The van der Waals surface area contributed by atoms with Crippen LogP contribution in [0.5, 0.6) is 5.75 Å². The summed E-state index contributed by atoms with van der Waals surface area (Å²) in [6.45, 7) is 4.03. The highest BCUT2D eigenvalue weighted by molar-refractivity contribution is 5.79. The molecular formula is C23H26FN5O2. The minimum atomic E-state index is -0.411. The monoisotopic (exact) mass is 423 g/mol. The predicted molar refractivity (Wildman–Crippen MR) is 114 cm³/mol. The second-order valence-electron chi connectivity index (χ2n) is 8.19. The number of carbonyl (C=O) groups is 1. The molecular weight excluding hydrogens is 397 g/mol. The lowest BCUT2D eigenvalue weighted by molar-refractivity contribution is -0.131. The third-order valence-corrected chi connectivity index (χ3v) is 6.23. The van der Waals surface area contributed by atoms with Crippen LogP contribution in [0.15, 0.2) is 36.5 Å². The number of rotatable bonds is 6. The maximum absolute atomic E-state index is 13.8. The molecule has 0 spiro atoms. The maximum Gasteiger partial charge on any atom is 0.236 e. The van der Waals surface area contributed by atoms with E-state index in [1.807, 2.05) is 11.0 Å². The minimum absolute atomic E-state index is 0.0342. The first kappa shape index (κ1) is 21.1. The molecule has 2 bridgehead atoms. The molecule has 1 aromatic heterocycles. The van der Waals surface area contributed by atoms with Crippen LogP contribution < -0.4 is 15.0 Å². The Kier molecular flexibility index (Phi) is 6.05. The number of likely N-dealkylation sites (tertiary alicyclic amines) is 1.